The van der Waals surface area contributed by atoms with E-state index < -0.39 is 11.9 Å². The maximum absolute atomic E-state index is 12.5. The highest BCUT2D eigenvalue weighted by molar-refractivity contribution is 5.93. The number of rotatable bonds is 3. The van der Waals surface area contributed by atoms with Gasteiger partial charge in [0.05, 0.1) is 12.2 Å². The SMILES string of the molecule is C[C@@H]1[C@H](C(=O)O)CCCN1C(=O)c1cc(-c2ccco2)on1. The average molecular weight is 304 g/mol. The molecule has 3 rings (SSSR count). The molecule has 2 atom stereocenters. The Morgan fingerprint density at radius 2 is 2.23 bits per heavy atom. The first-order valence-electron chi connectivity index (χ1n) is 7.12. The van der Waals surface area contributed by atoms with Crippen LogP contribution in [0.1, 0.15) is 30.3 Å². The summed E-state index contributed by atoms with van der Waals surface area (Å²) in [5, 5.41) is 13.0. The van der Waals surface area contributed by atoms with Gasteiger partial charge in [0.2, 0.25) is 5.76 Å². The van der Waals surface area contributed by atoms with Crippen LogP contribution < -0.4 is 0 Å². The summed E-state index contributed by atoms with van der Waals surface area (Å²) in [6, 6.07) is 4.56. The molecule has 1 aliphatic rings. The number of furan rings is 1. The minimum atomic E-state index is -0.874. The van der Waals surface area contributed by atoms with Gasteiger partial charge in [-0.05, 0) is 31.9 Å². The molecule has 0 bridgehead atoms. The quantitative estimate of drug-likeness (QED) is 0.934. The zero-order chi connectivity index (χ0) is 15.7. The molecular formula is C15H16N2O5. The van der Waals surface area contributed by atoms with Crippen LogP contribution in [0.25, 0.3) is 11.5 Å². The first-order chi connectivity index (χ1) is 10.6. The number of carboxylic acid groups (broad SMARTS) is 1. The normalized spacial score (nSPS) is 21.8. The van der Waals surface area contributed by atoms with Crippen molar-refractivity contribution in [3.05, 3.63) is 30.2 Å². The third-order valence-electron chi connectivity index (χ3n) is 4.06. The number of aliphatic carboxylic acids is 1. The number of aromatic nitrogens is 1. The van der Waals surface area contributed by atoms with Crippen molar-refractivity contribution in [2.75, 3.05) is 6.54 Å². The fourth-order valence-corrected chi connectivity index (χ4v) is 2.82. The van der Waals surface area contributed by atoms with Crippen molar-refractivity contribution in [1.29, 1.82) is 0 Å². The van der Waals surface area contributed by atoms with Crippen LogP contribution in [0.4, 0.5) is 0 Å². The molecule has 2 aromatic rings. The summed E-state index contributed by atoms with van der Waals surface area (Å²) >= 11 is 0. The molecule has 0 aromatic carbocycles. The van der Waals surface area contributed by atoms with Gasteiger partial charge in [-0.1, -0.05) is 5.16 Å². The fraction of sp³-hybridized carbons (Fsp3) is 0.400. The van der Waals surface area contributed by atoms with Gasteiger partial charge in [-0.3, -0.25) is 9.59 Å². The molecule has 116 valence electrons. The van der Waals surface area contributed by atoms with Gasteiger partial charge in [0.15, 0.2) is 11.5 Å². The molecule has 2 aromatic heterocycles. The third-order valence-corrected chi connectivity index (χ3v) is 4.06. The number of carboxylic acids is 1. The lowest BCUT2D eigenvalue weighted by Crippen LogP contribution is -2.49. The fourth-order valence-electron chi connectivity index (χ4n) is 2.82. The van der Waals surface area contributed by atoms with Crippen molar-refractivity contribution in [2.24, 2.45) is 5.92 Å². The molecule has 3 heterocycles. The second-order valence-electron chi connectivity index (χ2n) is 5.38. The molecule has 7 heteroatoms. The average Bonchev–Trinajstić information content (AvgIpc) is 3.17. The summed E-state index contributed by atoms with van der Waals surface area (Å²) in [6.45, 7) is 2.27. The topological polar surface area (TPSA) is 96.8 Å². The number of piperidine rings is 1. The molecule has 0 spiro atoms. The van der Waals surface area contributed by atoms with Crippen LogP contribution in [0.5, 0.6) is 0 Å². The van der Waals surface area contributed by atoms with E-state index in [0.717, 1.165) is 0 Å². The molecule has 7 nitrogen and oxygen atoms in total. The summed E-state index contributed by atoms with van der Waals surface area (Å²) < 4.78 is 10.3. The summed E-state index contributed by atoms with van der Waals surface area (Å²) in [6.07, 6.45) is 2.75. The summed E-state index contributed by atoms with van der Waals surface area (Å²) in [5.74, 6) is -0.884. The van der Waals surface area contributed by atoms with E-state index in [2.05, 4.69) is 5.16 Å². The first-order valence-corrected chi connectivity index (χ1v) is 7.12. The van der Waals surface area contributed by atoms with Crippen molar-refractivity contribution in [2.45, 2.75) is 25.8 Å². The molecular weight excluding hydrogens is 288 g/mol. The van der Waals surface area contributed by atoms with Crippen molar-refractivity contribution < 1.29 is 23.6 Å². The highest BCUT2D eigenvalue weighted by Crippen LogP contribution is 2.26. The van der Waals surface area contributed by atoms with Gasteiger partial charge in [-0.2, -0.15) is 0 Å². The molecule has 0 saturated carbocycles. The van der Waals surface area contributed by atoms with Crippen LogP contribution >= 0.6 is 0 Å². The lowest BCUT2D eigenvalue weighted by Gasteiger charge is -2.36. The molecule has 0 unspecified atom stereocenters. The van der Waals surface area contributed by atoms with E-state index >= 15 is 0 Å². The van der Waals surface area contributed by atoms with Gasteiger partial charge in [0, 0.05) is 18.7 Å². The molecule has 1 N–H and O–H groups in total. The zero-order valence-electron chi connectivity index (χ0n) is 12.1. The highest BCUT2D eigenvalue weighted by atomic mass is 16.5. The Labute approximate surface area is 126 Å². The molecule has 1 aliphatic heterocycles. The van der Waals surface area contributed by atoms with E-state index in [0.29, 0.717) is 30.9 Å². The minimum Gasteiger partial charge on any atom is -0.481 e. The van der Waals surface area contributed by atoms with E-state index in [-0.39, 0.29) is 17.6 Å². The van der Waals surface area contributed by atoms with Gasteiger partial charge < -0.3 is 18.9 Å². The smallest absolute Gasteiger partial charge is 0.308 e. The summed E-state index contributed by atoms with van der Waals surface area (Å²) in [5.41, 5.74) is 0.157. The molecule has 0 aliphatic carbocycles. The second-order valence-corrected chi connectivity index (χ2v) is 5.38. The second kappa shape index (κ2) is 5.67. The van der Waals surface area contributed by atoms with E-state index in [9.17, 15) is 14.7 Å². The largest absolute Gasteiger partial charge is 0.481 e. The van der Waals surface area contributed by atoms with Crippen molar-refractivity contribution in [1.82, 2.24) is 10.1 Å². The first kappa shape index (κ1) is 14.4. The Balaban J connectivity index is 1.80. The van der Waals surface area contributed by atoms with Crippen molar-refractivity contribution in [3.63, 3.8) is 0 Å². The lowest BCUT2D eigenvalue weighted by atomic mass is 9.90. The number of amides is 1. The van der Waals surface area contributed by atoms with Crippen LogP contribution in [-0.4, -0.2) is 39.6 Å². The number of hydrogen-bond acceptors (Lipinski definition) is 5. The van der Waals surface area contributed by atoms with Gasteiger partial charge in [0.25, 0.3) is 5.91 Å². The van der Waals surface area contributed by atoms with Crippen LogP contribution in [0, 0.1) is 5.92 Å². The maximum atomic E-state index is 12.5. The van der Waals surface area contributed by atoms with Crippen LogP contribution in [0.2, 0.25) is 0 Å². The van der Waals surface area contributed by atoms with Gasteiger partial charge in [-0.25, -0.2) is 0 Å². The Morgan fingerprint density at radius 3 is 2.91 bits per heavy atom. The standard InChI is InChI=1S/C15H16N2O5/c1-9-10(15(19)20)4-2-6-17(9)14(18)11-8-13(22-16-11)12-5-3-7-21-12/h3,5,7-10H,2,4,6H2,1H3,(H,19,20)/t9-,10-/m1/s1. The predicted octanol–water partition coefficient (Wildman–Crippen LogP) is 2.26. The van der Waals surface area contributed by atoms with E-state index in [4.69, 9.17) is 8.94 Å². The minimum absolute atomic E-state index is 0.157. The highest BCUT2D eigenvalue weighted by Gasteiger charge is 2.36. The van der Waals surface area contributed by atoms with E-state index in [1.54, 1.807) is 24.0 Å². The summed E-state index contributed by atoms with van der Waals surface area (Å²) in [7, 11) is 0. The van der Waals surface area contributed by atoms with Crippen LogP contribution in [-0.2, 0) is 4.79 Å². The van der Waals surface area contributed by atoms with Gasteiger partial charge in [0.1, 0.15) is 0 Å². The van der Waals surface area contributed by atoms with Gasteiger partial charge in [-0.15, -0.1) is 0 Å². The number of carbonyl (C=O) groups is 2. The number of likely N-dealkylation sites (tertiary alicyclic amines) is 1. The Bertz CT molecular complexity index is 676. The maximum Gasteiger partial charge on any atom is 0.308 e. The third kappa shape index (κ3) is 2.49. The van der Waals surface area contributed by atoms with Gasteiger partial charge >= 0.3 is 5.97 Å². The van der Waals surface area contributed by atoms with Crippen molar-refractivity contribution >= 4 is 11.9 Å². The number of nitrogens with zero attached hydrogens (tertiary/aromatic N) is 2. The lowest BCUT2D eigenvalue weighted by molar-refractivity contribution is -0.144. The molecule has 0 radical (unpaired) electrons. The van der Waals surface area contributed by atoms with Crippen LogP contribution in [0.3, 0.4) is 0 Å². The Morgan fingerprint density at radius 1 is 1.41 bits per heavy atom. The molecule has 1 fully saturated rings. The Hall–Kier alpha value is -2.57. The molecule has 22 heavy (non-hydrogen) atoms. The zero-order valence-corrected chi connectivity index (χ0v) is 12.1. The Kier molecular flexibility index (Phi) is 3.70. The van der Waals surface area contributed by atoms with Crippen LogP contribution in [0.15, 0.2) is 33.4 Å². The predicted molar refractivity (Wildman–Crippen MR) is 75.1 cm³/mol. The monoisotopic (exact) mass is 304 g/mol. The van der Waals surface area contributed by atoms with E-state index in [1.165, 1.54) is 12.3 Å². The van der Waals surface area contributed by atoms with Crippen molar-refractivity contribution in [3.8, 4) is 11.5 Å². The summed E-state index contributed by atoms with van der Waals surface area (Å²) in [4.78, 5) is 25.3. The van der Waals surface area contributed by atoms with E-state index in [1.807, 2.05) is 0 Å². The molecule has 1 amide bonds. The number of carbonyl (C=O) groups excluding carboxylic acids is 1. The molecule has 1 saturated heterocycles. The number of hydrogen-bond donors (Lipinski definition) is 1.